The van der Waals surface area contributed by atoms with Crippen LogP contribution in [0, 0.1) is 0 Å². The Hall–Kier alpha value is -4.59. The van der Waals surface area contributed by atoms with Crippen LogP contribution in [0.5, 0.6) is 0 Å². The lowest BCUT2D eigenvalue weighted by molar-refractivity contribution is -0.379. The summed E-state index contributed by atoms with van der Waals surface area (Å²) in [7, 11) is 0. The van der Waals surface area contributed by atoms with Gasteiger partial charge in [0.2, 0.25) is 5.91 Å². The molecule has 19 nitrogen and oxygen atoms in total. The molecule has 0 aromatic carbocycles. The van der Waals surface area contributed by atoms with E-state index >= 15 is 0 Å². The van der Waals surface area contributed by atoms with Gasteiger partial charge in [0.1, 0.15) is 73.2 Å². The van der Waals surface area contributed by atoms with Crippen molar-refractivity contribution in [2.45, 2.75) is 259 Å². The number of unbranched alkanes of at least 4 members (excludes halogenated alkanes) is 7. The van der Waals surface area contributed by atoms with Gasteiger partial charge in [-0.2, -0.15) is 0 Å². The lowest BCUT2D eigenvalue weighted by Gasteiger charge is -2.48. The number of aliphatic hydroxyl groups excluding tert-OH is 11. The molecule has 0 aromatic heterocycles. The highest BCUT2D eigenvalue weighted by Crippen LogP contribution is 2.33. The van der Waals surface area contributed by atoms with E-state index in [1.807, 2.05) is 6.08 Å². The van der Waals surface area contributed by atoms with Crippen molar-refractivity contribution < 1.29 is 89.4 Å². The highest BCUT2D eigenvalue weighted by atomic mass is 16.8. The second-order valence-electron chi connectivity index (χ2n) is 22.8. The number of rotatable bonds is 47. The van der Waals surface area contributed by atoms with Gasteiger partial charge in [0.15, 0.2) is 18.9 Å². The largest absolute Gasteiger partial charge is 0.394 e. The van der Waals surface area contributed by atoms with E-state index in [2.05, 4.69) is 165 Å². The summed E-state index contributed by atoms with van der Waals surface area (Å²) in [6, 6.07) is -1.01. The van der Waals surface area contributed by atoms with E-state index in [-0.39, 0.29) is 18.9 Å². The van der Waals surface area contributed by atoms with Crippen molar-refractivity contribution in [3.8, 4) is 0 Å². The summed E-state index contributed by atoms with van der Waals surface area (Å²) >= 11 is 0. The standard InChI is InChI=1S/C72H113NO18/c1-3-5-7-9-11-12-13-14-15-16-17-18-19-20-21-22-23-24-25-26-27-28-29-30-31-32-33-34-35-36-37-38-39-40-41-42-44-46-48-50-60(78)73-55(56(77)49-47-45-43-10-8-6-4-2)54-86-70-66(84)63(81)68(58(52-75)88-70)91-72-67(85)64(82)69(59(53-76)89-72)90-71-65(83)62(80)61(79)57(51-74)87-71/h5,7,11-12,14-15,17-18,20-21,23-24,26-27,29-30,32-33,35-36,38-39,41-42,47,49,55-59,61-72,74-77,79-85H,3-4,6,8-10,13,16,19,22,25,28,31,34,37,40,43-46,48,50-54H2,1-2H3,(H,73,78)/b7-5-,12-11-,15-14-,18-17-,21-20-,24-23-,27-26-,30-29-,33-32-,36-35-,39-38-,42-41-,49-47+. The maximum Gasteiger partial charge on any atom is 0.220 e. The van der Waals surface area contributed by atoms with Gasteiger partial charge >= 0.3 is 0 Å². The van der Waals surface area contributed by atoms with Crippen LogP contribution in [0.4, 0.5) is 0 Å². The van der Waals surface area contributed by atoms with Crippen LogP contribution in [0.2, 0.25) is 0 Å². The van der Waals surface area contributed by atoms with E-state index < -0.39 is 124 Å². The van der Waals surface area contributed by atoms with Crippen molar-refractivity contribution in [1.82, 2.24) is 5.32 Å². The Morgan fingerprint density at radius 2 is 0.758 bits per heavy atom. The lowest BCUT2D eigenvalue weighted by atomic mass is 9.96. The molecule has 91 heavy (non-hydrogen) atoms. The number of ether oxygens (including phenoxy) is 6. The summed E-state index contributed by atoms with van der Waals surface area (Å²) in [5.74, 6) is -0.331. The Balaban J connectivity index is 1.34. The molecule has 17 unspecified atom stereocenters. The summed E-state index contributed by atoms with van der Waals surface area (Å²) in [6.45, 7) is 1.46. The molecular formula is C72H113NO18. The van der Waals surface area contributed by atoms with Crippen LogP contribution in [0.15, 0.2) is 158 Å². The lowest BCUT2D eigenvalue weighted by Crippen LogP contribution is -2.66. The smallest absolute Gasteiger partial charge is 0.220 e. The molecule has 514 valence electrons. The molecule has 19 heteroatoms. The van der Waals surface area contributed by atoms with Crippen molar-refractivity contribution >= 4 is 5.91 Å². The molecule has 3 aliphatic rings. The third kappa shape index (κ3) is 33.9. The minimum absolute atomic E-state index is 0.176. The zero-order valence-corrected chi connectivity index (χ0v) is 54.0. The van der Waals surface area contributed by atoms with E-state index in [9.17, 15) is 61.0 Å². The van der Waals surface area contributed by atoms with Gasteiger partial charge in [0.25, 0.3) is 0 Å². The number of aliphatic hydroxyl groups is 11. The number of allylic oxidation sites excluding steroid dienone is 25. The van der Waals surface area contributed by atoms with Crippen LogP contribution in [0.1, 0.15) is 155 Å². The number of amides is 1. The zero-order valence-electron chi connectivity index (χ0n) is 54.0. The van der Waals surface area contributed by atoms with Crippen LogP contribution in [-0.4, -0.2) is 193 Å². The molecule has 17 atom stereocenters. The number of carbonyl (C=O) groups is 1. The Bertz CT molecular complexity index is 2270. The van der Waals surface area contributed by atoms with E-state index in [1.54, 1.807) is 6.08 Å². The van der Waals surface area contributed by atoms with E-state index in [4.69, 9.17) is 28.4 Å². The Morgan fingerprint density at radius 1 is 0.407 bits per heavy atom. The van der Waals surface area contributed by atoms with Crippen LogP contribution < -0.4 is 5.32 Å². The molecule has 3 saturated heterocycles. The molecule has 0 saturated carbocycles. The minimum Gasteiger partial charge on any atom is -0.394 e. The SMILES string of the molecule is CC/C=C\C/C=C\C/C=C\C/C=C\C/C=C\C/C=C\C/C=C\C/C=C\C/C=C\C/C=C\C/C=C\C/C=C\CCCCC(=O)NC(COC1OC(CO)C(OC2OC(CO)C(OC3OC(CO)C(O)C(O)C3O)C(O)C2O)C(O)C1O)C(O)/C=C/CCCCCCC. The summed E-state index contributed by atoms with van der Waals surface area (Å²) in [5, 5.41) is 120. The summed E-state index contributed by atoms with van der Waals surface area (Å²) in [5.41, 5.74) is 0. The second kappa shape index (κ2) is 51.8. The Kier molecular flexibility index (Phi) is 45.9. The average molecular weight is 1280 g/mol. The van der Waals surface area contributed by atoms with Crippen molar-refractivity contribution in [2.24, 2.45) is 0 Å². The summed E-state index contributed by atoms with van der Waals surface area (Å²) in [4.78, 5) is 13.3. The second-order valence-corrected chi connectivity index (χ2v) is 22.8. The molecule has 0 spiro atoms. The van der Waals surface area contributed by atoms with Crippen LogP contribution in [0.3, 0.4) is 0 Å². The minimum atomic E-state index is -1.99. The van der Waals surface area contributed by atoms with Gasteiger partial charge in [-0.05, 0) is 109 Å². The molecule has 3 fully saturated rings. The van der Waals surface area contributed by atoms with Crippen molar-refractivity contribution in [1.29, 1.82) is 0 Å². The maximum absolute atomic E-state index is 13.3. The first-order valence-corrected chi connectivity index (χ1v) is 33.2. The van der Waals surface area contributed by atoms with Crippen molar-refractivity contribution in [2.75, 3.05) is 26.4 Å². The van der Waals surface area contributed by atoms with Crippen LogP contribution in [-0.2, 0) is 33.2 Å². The zero-order chi connectivity index (χ0) is 66.1. The van der Waals surface area contributed by atoms with Crippen LogP contribution in [0.25, 0.3) is 0 Å². The van der Waals surface area contributed by atoms with Gasteiger partial charge in [-0.1, -0.05) is 198 Å². The van der Waals surface area contributed by atoms with Gasteiger partial charge in [0, 0.05) is 6.42 Å². The highest BCUT2D eigenvalue weighted by Gasteiger charge is 2.53. The molecular weight excluding hydrogens is 1170 g/mol. The number of carbonyl (C=O) groups excluding carboxylic acids is 1. The summed E-state index contributed by atoms with van der Waals surface area (Å²) < 4.78 is 34.1. The van der Waals surface area contributed by atoms with Gasteiger partial charge in [-0.3, -0.25) is 4.79 Å². The molecule has 0 radical (unpaired) electrons. The van der Waals surface area contributed by atoms with E-state index in [0.29, 0.717) is 12.8 Å². The molecule has 1 amide bonds. The van der Waals surface area contributed by atoms with Crippen LogP contribution >= 0.6 is 0 Å². The third-order valence-electron chi connectivity index (χ3n) is 15.3. The topological polar surface area (TPSA) is 307 Å². The van der Waals surface area contributed by atoms with Gasteiger partial charge < -0.3 is 89.9 Å². The quantitative estimate of drug-likeness (QED) is 0.0202. The van der Waals surface area contributed by atoms with E-state index in [0.717, 1.165) is 122 Å². The van der Waals surface area contributed by atoms with Gasteiger partial charge in [-0.25, -0.2) is 0 Å². The average Bonchev–Trinajstić information content (AvgIpc) is 1.40. The van der Waals surface area contributed by atoms with Crippen molar-refractivity contribution in [3.05, 3.63) is 158 Å². The molecule has 0 bridgehead atoms. The highest BCUT2D eigenvalue weighted by molar-refractivity contribution is 5.76. The summed E-state index contributed by atoms with van der Waals surface area (Å²) in [6.07, 6.45) is 48.6. The Morgan fingerprint density at radius 3 is 1.18 bits per heavy atom. The predicted octanol–water partition coefficient (Wildman–Crippen LogP) is 8.15. The molecule has 0 aromatic rings. The predicted molar refractivity (Wildman–Crippen MR) is 355 cm³/mol. The molecule has 3 aliphatic heterocycles. The first kappa shape index (κ1) is 80.6. The molecule has 12 N–H and O–H groups in total. The number of nitrogens with one attached hydrogen (secondary N) is 1. The maximum atomic E-state index is 13.3. The molecule has 3 heterocycles. The monoisotopic (exact) mass is 1280 g/mol. The fourth-order valence-corrected chi connectivity index (χ4v) is 9.93. The number of hydrogen-bond acceptors (Lipinski definition) is 18. The van der Waals surface area contributed by atoms with Gasteiger partial charge in [0.05, 0.1) is 38.6 Å². The molecule has 0 aliphatic carbocycles. The Labute approximate surface area is 542 Å². The van der Waals surface area contributed by atoms with Gasteiger partial charge in [-0.15, -0.1) is 0 Å². The normalized spacial score (nSPS) is 28.9. The fourth-order valence-electron chi connectivity index (χ4n) is 9.93. The third-order valence-corrected chi connectivity index (χ3v) is 15.3. The van der Waals surface area contributed by atoms with Crippen molar-refractivity contribution in [3.63, 3.8) is 0 Å². The van der Waals surface area contributed by atoms with E-state index in [1.165, 1.54) is 0 Å². The first-order valence-electron chi connectivity index (χ1n) is 33.2. The number of hydrogen-bond donors (Lipinski definition) is 12. The first-order chi connectivity index (χ1) is 44.3. The molecule has 3 rings (SSSR count). The fraction of sp³-hybridized carbons (Fsp3) is 0.625.